The van der Waals surface area contributed by atoms with E-state index in [1.807, 2.05) is 0 Å². The molecule has 2 saturated heterocycles. The molecule has 2 rings (SSSR count). The van der Waals surface area contributed by atoms with Crippen molar-refractivity contribution < 1.29 is 4.74 Å². The van der Waals surface area contributed by atoms with Crippen LogP contribution in [0.25, 0.3) is 0 Å². The lowest BCUT2D eigenvalue weighted by molar-refractivity contribution is 0.0163. The molecular weight excluding hydrogens is 214 g/mol. The lowest BCUT2D eigenvalue weighted by atomic mass is 10.0. The van der Waals surface area contributed by atoms with Gasteiger partial charge in [0.25, 0.3) is 0 Å². The molecule has 0 spiro atoms. The van der Waals surface area contributed by atoms with E-state index < -0.39 is 0 Å². The van der Waals surface area contributed by atoms with Gasteiger partial charge in [0, 0.05) is 25.7 Å². The highest BCUT2D eigenvalue weighted by Gasteiger charge is 2.28. The third kappa shape index (κ3) is 3.65. The monoisotopic (exact) mass is 241 g/mol. The van der Waals surface area contributed by atoms with E-state index >= 15 is 0 Å². The molecule has 2 N–H and O–H groups in total. The Hall–Kier alpha value is -0.160. The van der Waals surface area contributed by atoms with Crippen LogP contribution in [-0.4, -0.2) is 68.3 Å². The molecule has 0 aromatic rings. The van der Waals surface area contributed by atoms with Crippen molar-refractivity contribution in [3.05, 3.63) is 0 Å². The Bertz CT molecular complexity index is 237. The number of likely N-dealkylation sites (N-methyl/N-ethyl adjacent to an activating group) is 2. The molecule has 0 aromatic carbocycles. The maximum atomic E-state index is 5.92. The zero-order valence-corrected chi connectivity index (χ0v) is 11.3. The Morgan fingerprint density at radius 3 is 2.71 bits per heavy atom. The average molecular weight is 241 g/mol. The van der Waals surface area contributed by atoms with Gasteiger partial charge in [0.05, 0.1) is 12.2 Å². The molecule has 3 unspecified atom stereocenters. The molecule has 0 aromatic heterocycles. The molecular formula is C13H27N3O. The van der Waals surface area contributed by atoms with E-state index in [0.717, 1.165) is 13.0 Å². The van der Waals surface area contributed by atoms with Gasteiger partial charge >= 0.3 is 0 Å². The summed E-state index contributed by atoms with van der Waals surface area (Å²) in [5, 5.41) is 0. The van der Waals surface area contributed by atoms with Crippen molar-refractivity contribution in [3.63, 3.8) is 0 Å². The first-order valence-electron chi connectivity index (χ1n) is 6.93. The van der Waals surface area contributed by atoms with Gasteiger partial charge in [-0.25, -0.2) is 0 Å². The predicted octanol–water partition coefficient (Wildman–Crippen LogP) is 0.519. The molecule has 100 valence electrons. The smallest absolute Gasteiger partial charge is 0.0707 e. The highest BCUT2D eigenvalue weighted by Crippen LogP contribution is 2.21. The number of likely N-dealkylation sites (tertiary alicyclic amines) is 1. The Morgan fingerprint density at radius 1 is 1.29 bits per heavy atom. The van der Waals surface area contributed by atoms with Gasteiger partial charge in [-0.3, -0.25) is 4.90 Å². The molecule has 2 aliphatic heterocycles. The molecule has 4 nitrogen and oxygen atoms in total. The minimum Gasteiger partial charge on any atom is -0.372 e. The van der Waals surface area contributed by atoms with Crippen molar-refractivity contribution in [1.82, 2.24) is 9.80 Å². The Morgan fingerprint density at radius 2 is 2.06 bits per heavy atom. The second-order valence-electron chi connectivity index (χ2n) is 5.69. The molecule has 2 aliphatic rings. The predicted molar refractivity (Wildman–Crippen MR) is 70.1 cm³/mol. The second kappa shape index (κ2) is 6.14. The number of hydrogen-bond acceptors (Lipinski definition) is 4. The molecule has 2 fully saturated rings. The van der Waals surface area contributed by atoms with E-state index in [0.29, 0.717) is 24.8 Å². The van der Waals surface area contributed by atoms with Crippen LogP contribution in [0.1, 0.15) is 25.7 Å². The van der Waals surface area contributed by atoms with Crippen LogP contribution in [0.5, 0.6) is 0 Å². The maximum absolute atomic E-state index is 5.92. The molecule has 0 radical (unpaired) electrons. The number of rotatable bonds is 4. The molecule has 3 atom stereocenters. The van der Waals surface area contributed by atoms with E-state index in [2.05, 4.69) is 23.9 Å². The van der Waals surface area contributed by atoms with Crippen LogP contribution in [0.15, 0.2) is 0 Å². The normalized spacial score (nSPS) is 35.6. The summed E-state index contributed by atoms with van der Waals surface area (Å²) in [6.45, 7) is 4.18. The van der Waals surface area contributed by atoms with E-state index in [1.165, 1.54) is 32.4 Å². The summed E-state index contributed by atoms with van der Waals surface area (Å²) in [5.74, 6) is 0. The standard InChI is InChI=1S/C13H27N3O/c1-15-7-3-4-11(9-15)16(2)10-13-6-5-12(8-14)17-13/h11-13H,3-10,14H2,1-2H3. The lowest BCUT2D eigenvalue weighted by Gasteiger charge is -2.36. The minimum absolute atomic E-state index is 0.308. The lowest BCUT2D eigenvalue weighted by Crippen LogP contribution is -2.47. The van der Waals surface area contributed by atoms with Crippen molar-refractivity contribution in [1.29, 1.82) is 0 Å². The highest BCUT2D eigenvalue weighted by molar-refractivity contribution is 4.82. The van der Waals surface area contributed by atoms with E-state index in [1.54, 1.807) is 0 Å². The van der Waals surface area contributed by atoms with Crippen LogP contribution in [0, 0.1) is 0 Å². The molecule has 0 bridgehead atoms. The van der Waals surface area contributed by atoms with Gasteiger partial charge in [-0.2, -0.15) is 0 Å². The SMILES string of the molecule is CN1CCCC(N(C)CC2CCC(CN)O2)C1. The number of piperidine rings is 1. The minimum atomic E-state index is 0.308. The zero-order chi connectivity index (χ0) is 12.3. The summed E-state index contributed by atoms with van der Waals surface area (Å²) < 4.78 is 5.92. The first kappa shape index (κ1) is 13.3. The number of nitrogens with two attached hydrogens (primary N) is 1. The van der Waals surface area contributed by atoms with Crippen LogP contribution in [0.3, 0.4) is 0 Å². The first-order chi connectivity index (χ1) is 8.19. The van der Waals surface area contributed by atoms with Crippen LogP contribution in [0.4, 0.5) is 0 Å². The van der Waals surface area contributed by atoms with E-state index in [-0.39, 0.29) is 0 Å². The number of ether oxygens (including phenoxy) is 1. The van der Waals surface area contributed by atoms with Gasteiger partial charge in [0.2, 0.25) is 0 Å². The Kier molecular flexibility index (Phi) is 4.79. The molecule has 17 heavy (non-hydrogen) atoms. The van der Waals surface area contributed by atoms with Crippen molar-refractivity contribution in [3.8, 4) is 0 Å². The topological polar surface area (TPSA) is 41.7 Å². The van der Waals surface area contributed by atoms with Crippen molar-refractivity contribution in [2.45, 2.75) is 43.9 Å². The van der Waals surface area contributed by atoms with E-state index in [4.69, 9.17) is 10.5 Å². The largest absolute Gasteiger partial charge is 0.372 e. The summed E-state index contributed by atoms with van der Waals surface area (Å²) in [6.07, 6.45) is 5.67. The van der Waals surface area contributed by atoms with Crippen molar-refractivity contribution in [2.75, 3.05) is 40.3 Å². The molecule has 0 aliphatic carbocycles. The average Bonchev–Trinajstić information content (AvgIpc) is 2.77. The Balaban J connectivity index is 1.74. The zero-order valence-electron chi connectivity index (χ0n) is 11.3. The van der Waals surface area contributed by atoms with Crippen LogP contribution in [0.2, 0.25) is 0 Å². The third-order valence-electron chi connectivity index (χ3n) is 4.17. The summed E-state index contributed by atoms with van der Waals surface area (Å²) >= 11 is 0. The van der Waals surface area contributed by atoms with Gasteiger partial charge in [-0.15, -0.1) is 0 Å². The van der Waals surface area contributed by atoms with Crippen LogP contribution >= 0.6 is 0 Å². The van der Waals surface area contributed by atoms with Crippen molar-refractivity contribution >= 4 is 0 Å². The van der Waals surface area contributed by atoms with Gasteiger partial charge in [-0.05, 0) is 46.3 Å². The second-order valence-corrected chi connectivity index (χ2v) is 5.69. The fourth-order valence-electron chi connectivity index (χ4n) is 3.06. The molecule has 0 amide bonds. The quantitative estimate of drug-likeness (QED) is 0.779. The number of nitrogens with zero attached hydrogens (tertiary/aromatic N) is 2. The molecule has 4 heteroatoms. The molecule has 2 heterocycles. The summed E-state index contributed by atoms with van der Waals surface area (Å²) in [5.41, 5.74) is 5.64. The first-order valence-corrected chi connectivity index (χ1v) is 6.93. The summed E-state index contributed by atoms with van der Waals surface area (Å²) in [4.78, 5) is 4.92. The summed E-state index contributed by atoms with van der Waals surface area (Å²) in [6, 6.07) is 0.703. The fraction of sp³-hybridized carbons (Fsp3) is 1.00. The third-order valence-corrected chi connectivity index (χ3v) is 4.17. The van der Waals surface area contributed by atoms with Gasteiger partial charge in [0.1, 0.15) is 0 Å². The van der Waals surface area contributed by atoms with Crippen molar-refractivity contribution in [2.24, 2.45) is 5.73 Å². The van der Waals surface area contributed by atoms with Gasteiger partial charge in [-0.1, -0.05) is 0 Å². The van der Waals surface area contributed by atoms with Gasteiger partial charge < -0.3 is 15.4 Å². The van der Waals surface area contributed by atoms with Crippen LogP contribution in [-0.2, 0) is 4.74 Å². The fourth-order valence-corrected chi connectivity index (χ4v) is 3.06. The summed E-state index contributed by atoms with van der Waals surface area (Å²) in [7, 11) is 4.46. The Labute approximate surface area is 105 Å². The molecule has 0 saturated carbocycles. The number of hydrogen-bond donors (Lipinski definition) is 1. The van der Waals surface area contributed by atoms with Gasteiger partial charge in [0.15, 0.2) is 0 Å². The maximum Gasteiger partial charge on any atom is 0.0707 e. The highest BCUT2D eigenvalue weighted by atomic mass is 16.5. The van der Waals surface area contributed by atoms with E-state index in [9.17, 15) is 0 Å². The van der Waals surface area contributed by atoms with Crippen LogP contribution < -0.4 is 5.73 Å².